The average Bonchev–Trinajstić information content (AvgIpc) is 2.36. The van der Waals surface area contributed by atoms with E-state index in [0.717, 1.165) is 5.56 Å². The van der Waals surface area contributed by atoms with Crippen LogP contribution in [0.25, 0.3) is 0 Å². The Morgan fingerprint density at radius 2 is 2.06 bits per heavy atom. The Balaban J connectivity index is 2.68. The summed E-state index contributed by atoms with van der Waals surface area (Å²) in [6, 6.07) is 12.0. The standard InChI is InChI=1S/C14H17N3/c1-11(17-10-14(2,3)9-16)13-6-4-5-12(7-13)8-15/h4-7,11,17H,10H2,1-3H3. The van der Waals surface area contributed by atoms with Gasteiger partial charge < -0.3 is 5.32 Å². The molecule has 17 heavy (non-hydrogen) atoms. The van der Waals surface area contributed by atoms with Crippen molar-refractivity contribution >= 4 is 0 Å². The summed E-state index contributed by atoms with van der Waals surface area (Å²) in [5.41, 5.74) is 1.36. The molecule has 0 aromatic heterocycles. The molecular weight excluding hydrogens is 210 g/mol. The Morgan fingerprint density at radius 3 is 2.65 bits per heavy atom. The number of hydrogen-bond donors (Lipinski definition) is 1. The van der Waals surface area contributed by atoms with E-state index < -0.39 is 0 Å². The normalized spacial score (nSPS) is 12.5. The van der Waals surface area contributed by atoms with E-state index in [1.54, 1.807) is 6.07 Å². The van der Waals surface area contributed by atoms with Crippen LogP contribution in [0, 0.1) is 28.1 Å². The second kappa shape index (κ2) is 5.48. The molecule has 0 aliphatic carbocycles. The molecule has 0 bridgehead atoms. The van der Waals surface area contributed by atoms with E-state index in [2.05, 4.69) is 17.5 Å². The van der Waals surface area contributed by atoms with Crippen LogP contribution in [0.5, 0.6) is 0 Å². The third-order valence-corrected chi connectivity index (χ3v) is 2.67. The lowest BCUT2D eigenvalue weighted by molar-refractivity contribution is 0.415. The van der Waals surface area contributed by atoms with Gasteiger partial charge in [0.2, 0.25) is 0 Å². The van der Waals surface area contributed by atoms with E-state index in [4.69, 9.17) is 10.5 Å². The Bertz CT molecular complexity index is 463. The van der Waals surface area contributed by atoms with Crippen LogP contribution in [0.3, 0.4) is 0 Å². The van der Waals surface area contributed by atoms with Gasteiger partial charge in [0.25, 0.3) is 0 Å². The molecule has 1 aromatic rings. The van der Waals surface area contributed by atoms with Crippen LogP contribution in [0.1, 0.15) is 37.9 Å². The molecule has 1 aromatic carbocycles. The number of nitriles is 2. The van der Waals surface area contributed by atoms with Gasteiger partial charge in [-0.05, 0) is 38.5 Å². The molecule has 0 heterocycles. The fraction of sp³-hybridized carbons (Fsp3) is 0.429. The van der Waals surface area contributed by atoms with Crippen molar-refractivity contribution in [3.8, 4) is 12.1 Å². The van der Waals surface area contributed by atoms with Gasteiger partial charge >= 0.3 is 0 Å². The van der Waals surface area contributed by atoms with Gasteiger partial charge in [0.1, 0.15) is 0 Å². The SMILES string of the molecule is CC(NCC(C)(C)C#N)c1cccc(C#N)c1. The third kappa shape index (κ3) is 3.90. The van der Waals surface area contributed by atoms with Gasteiger partial charge in [-0.25, -0.2) is 0 Å². The highest BCUT2D eigenvalue weighted by atomic mass is 14.9. The minimum absolute atomic E-state index is 0.135. The Hall–Kier alpha value is -1.84. The van der Waals surface area contributed by atoms with E-state index in [1.807, 2.05) is 39.0 Å². The van der Waals surface area contributed by atoms with Gasteiger partial charge in [-0.1, -0.05) is 12.1 Å². The van der Waals surface area contributed by atoms with Gasteiger partial charge in [0.15, 0.2) is 0 Å². The molecule has 1 unspecified atom stereocenters. The largest absolute Gasteiger partial charge is 0.309 e. The molecule has 0 aliphatic rings. The zero-order valence-corrected chi connectivity index (χ0v) is 10.5. The summed E-state index contributed by atoms with van der Waals surface area (Å²) in [5, 5.41) is 21.1. The van der Waals surface area contributed by atoms with Crippen molar-refractivity contribution in [2.24, 2.45) is 5.41 Å². The molecule has 0 saturated heterocycles. The molecule has 0 saturated carbocycles. The summed E-state index contributed by atoms with van der Waals surface area (Å²) >= 11 is 0. The zero-order valence-electron chi connectivity index (χ0n) is 10.5. The summed E-state index contributed by atoms with van der Waals surface area (Å²) in [6.07, 6.45) is 0. The van der Waals surface area contributed by atoms with E-state index in [0.29, 0.717) is 12.1 Å². The van der Waals surface area contributed by atoms with Crippen LogP contribution in [-0.4, -0.2) is 6.54 Å². The van der Waals surface area contributed by atoms with Crippen LogP contribution >= 0.6 is 0 Å². The van der Waals surface area contributed by atoms with Gasteiger partial charge in [-0.2, -0.15) is 10.5 Å². The van der Waals surface area contributed by atoms with E-state index in [9.17, 15) is 0 Å². The maximum Gasteiger partial charge on any atom is 0.0991 e. The summed E-state index contributed by atoms with van der Waals surface area (Å²) in [6.45, 7) is 6.46. The van der Waals surface area contributed by atoms with Gasteiger partial charge in [0, 0.05) is 12.6 Å². The molecule has 0 aliphatic heterocycles. The summed E-state index contributed by atoms with van der Waals surface area (Å²) in [5.74, 6) is 0. The zero-order chi connectivity index (χ0) is 12.9. The predicted octanol–water partition coefficient (Wildman–Crippen LogP) is 2.76. The molecule has 3 nitrogen and oxygen atoms in total. The van der Waals surface area contributed by atoms with E-state index in [-0.39, 0.29) is 11.5 Å². The van der Waals surface area contributed by atoms with Crippen LogP contribution in [0.15, 0.2) is 24.3 Å². The fourth-order valence-electron chi connectivity index (χ4n) is 1.44. The Labute approximate surface area is 103 Å². The van der Waals surface area contributed by atoms with Crippen LogP contribution in [0.2, 0.25) is 0 Å². The Morgan fingerprint density at radius 1 is 1.35 bits per heavy atom. The maximum atomic E-state index is 8.93. The Kier molecular flexibility index (Phi) is 4.26. The molecular formula is C14H17N3. The summed E-state index contributed by atoms with van der Waals surface area (Å²) in [4.78, 5) is 0. The lowest BCUT2D eigenvalue weighted by Gasteiger charge is -2.20. The van der Waals surface area contributed by atoms with Gasteiger partial charge in [-0.3, -0.25) is 0 Å². The third-order valence-electron chi connectivity index (χ3n) is 2.67. The van der Waals surface area contributed by atoms with Crippen LogP contribution < -0.4 is 5.32 Å². The number of hydrogen-bond acceptors (Lipinski definition) is 3. The summed E-state index contributed by atoms with van der Waals surface area (Å²) < 4.78 is 0. The maximum absolute atomic E-state index is 8.93. The first-order valence-corrected chi connectivity index (χ1v) is 5.63. The van der Waals surface area contributed by atoms with Crippen molar-refractivity contribution in [1.29, 1.82) is 10.5 Å². The number of benzene rings is 1. The minimum Gasteiger partial charge on any atom is -0.309 e. The molecule has 0 fully saturated rings. The van der Waals surface area contributed by atoms with Crippen molar-refractivity contribution < 1.29 is 0 Å². The summed E-state index contributed by atoms with van der Waals surface area (Å²) in [7, 11) is 0. The van der Waals surface area contributed by atoms with Crippen molar-refractivity contribution in [2.45, 2.75) is 26.8 Å². The van der Waals surface area contributed by atoms with E-state index in [1.165, 1.54) is 0 Å². The molecule has 0 radical (unpaired) electrons. The second-order valence-electron chi connectivity index (χ2n) is 4.84. The first kappa shape index (κ1) is 13.2. The van der Waals surface area contributed by atoms with Crippen molar-refractivity contribution in [3.63, 3.8) is 0 Å². The molecule has 0 amide bonds. The van der Waals surface area contributed by atoms with E-state index >= 15 is 0 Å². The highest BCUT2D eigenvalue weighted by molar-refractivity contribution is 5.34. The molecule has 1 rings (SSSR count). The second-order valence-corrected chi connectivity index (χ2v) is 4.84. The number of nitrogens with zero attached hydrogens (tertiary/aromatic N) is 2. The van der Waals surface area contributed by atoms with Gasteiger partial charge in [0.05, 0.1) is 23.1 Å². The van der Waals surface area contributed by atoms with Crippen molar-refractivity contribution in [3.05, 3.63) is 35.4 Å². The monoisotopic (exact) mass is 227 g/mol. The molecule has 1 atom stereocenters. The highest BCUT2D eigenvalue weighted by Crippen LogP contribution is 2.17. The lowest BCUT2D eigenvalue weighted by atomic mass is 9.95. The first-order valence-electron chi connectivity index (χ1n) is 5.63. The molecule has 88 valence electrons. The smallest absolute Gasteiger partial charge is 0.0991 e. The average molecular weight is 227 g/mol. The molecule has 3 heteroatoms. The fourth-order valence-corrected chi connectivity index (χ4v) is 1.44. The van der Waals surface area contributed by atoms with Gasteiger partial charge in [-0.15, -0.1) is 0 Å². The topological polar surface area (TPSA) is 59.6 Å². The van der Waals surface area contributed by atoms with Crippen molar-refractivity contribution in [2.75, 3.05) is 6.54 Å². The van der Waals surface area contributed by atoms with Crippen LogP contribution in [-0.2, 0) is 0 Å². The number of rotatable bonds is 4. The molecule has 0 spiro atoms. The first-order chi connectivity index (χ1) is 7.98. The highest BCUT2D eigenvalue weighted by Gasteiger charge is 2.17. The van der Waals surface area contributed by atoms with Crippen molar-refractivity contribution in [1.82, 2.24) is 5.32 Å². The quantitative estimate of drug-likeness (QED) is 0.860. The number of nitrogens with one attached hydrogen (secondary N) is 1. The molecule has 1 N–H and O–H groups in total. The lowest BCUT2D eigenvalue weighted by Crippen LogP contribution is -2.30. The minimum atomic E-state index is -0.374. The van der Waals surface area contributed by atoms with Crippen LogP contribution in [0.4, 0.5) is 0 Å². The predicted molar refractivity (Wildman–Crippen MR) is 67.0 cm³/mol.